The highest BCUT2D eigenvalue weighted by Gasteiger charge is 2.49. The van der Waals surface area contributed by atoms with Gasteiger partial charge in [-0.05, 0) is 68.6 Å². The Bertz CT molecular complexity index is 948. The number of pyridine rings is 1. The van der Waals surface area contributed by atoms with Gasteiger partial charge in [0.05, 0.1) is 18.8 Å². The lowest BCUT2D eigenvalue weighted by molar-refractivity contribution is -0.177. The van der Waals surface area contributed by atoms with Gasteiger partial charge in [-0.2, -0.15) is 0 Å². The molecule has 0 amide bonds. The van der Waals surface area contributed by atoms with E-state index in [1.54, 1.807) is 0 Å². The zero-order valence-corrected chi connectivity index (χ0v) is 19.8. The minimum atomic E-state index is -0.488. The molecule has 1 saturated carbocycles. The van der Waals surface area contributed by atoms with Crippen LogP contribution in [0.3, 0.4) is 0 Å². The van der Waals surface area contributed by atoms with Crippen molar-refractivity contribution in [1.82, 2.24) is 4.98 Å². The highest BCUT2D eigenvalue weighted by Crippen LogP contribution is 2.52. The molecule has 3 fully saturated rings. The van der Waals surface area contributed by atoms with Gasteiger partial charge in [-0.15, -0.1) is 0 Å². The summed E-state index contributed by atoms with van der Waals surface area (Å²) < 4.78 is 18.7. The van der Waals surface area contributed by atoms with Crippen molar-refractivity contribution < 1.29 is 14.2 Å². The standard InChI is InChI=1S/C29H37NO3/c1-2-10-25-24(9-1)23(12-16-29(25)32-20-21-33-29)8-7-13-27(26-11-3-6-18-30-26)17-19-31-28(22-27)14-4-5-15-28/h1-3,6,9-11,18,23H,4-5,7-8,12-17,19-22H2/t23?,27-/m1/s1. The molecular weight excluding hydrogens is 410 g/mol. The molecular formula is C29H37NO3. The largest absolute Gasteiger partial charge is 0.375 e. The molecule has 6 rings (SSSR count). The van der Waals surface area contributed by atoms with Crippen LogP contribution < -0.4 is 0 Å². The monoisotopic (exact) mass is 447 g/mol. The fourth-order valence-electron chi connectivity index (χ4n) is 7.39. The van der Waals surface area contributed by atoms with Gasteiger partial charge < -0.3 is 14.2 Å². The molecule has 2 saturated heterocycles. The summed E-state index contributed by atoms with van der Waals surface area (Å²) in [7, 11) is 0. The second-order valence-electron chi connectivity index (χ2n) is 10.8. The summed E-state index contributed by atoms with van der Waals surface area (Å²) in [6.07, 6.45) is 15.0. The average molecular weight is 448 g/mol. The van der Waals surface area contributed by atoms with Gasteiger partial charge in [-0.3, -0.25) is 4.98 Å². The summed E-state index contributed by atoms with van der Waals surface area (Å²) in [5, 5.41) is 0. The quantitative estimate of drug-likeness (QED) is 0.532. The van der Waals surface area contributed by atoms with Crippen LogP contribution in [-0.2, 0) is 25.4 Å². The maximum absolute atomic E-state index is 6.44. The van der Waals surface area contributed by atoms with Crippen LogP contribution in [0.4, 0.5) is 0 Å². The van der Waals surface area contributed by atoms with Crippen molar-refractivity contribution in [2.75, 3.05) is 19.8 Å². The average Bonchev–Trinajstić information content (AvgIpc) is 3.52. The Morgan fingerprint density at radius 1 is 0.848 bits per heavy atom. The van der Waals surface area contributed by atoms with Gasteiger partial charge in [0.1, 0.15) is 0 Å². The van der Waals surface area contributed by atoms with Crippen LogP contribution in [0.5, 0.6) is 0 Å². The first-order chi connectivity index (χ1) is 16.2. The van der Waals surface area contributed by atoms with E-state index in [0.717, 1.165) is 32.3 Å². The van der Waals surface area contributed by atoms with Crippen LogP contribution in [0.1, 0.15) is 93.4 Å². The van der Waals surface area contributed by atoms with E-state index in [1.165, 1.54) is 61.8 Å². The van der Waals surface area contributed by atoms with Crippen LogP contribution >= 0.6 is 0 Å². The van der Waals surface area contributed by atoms with Gasteiger partial charge in [0.2, 0.25) is 0 Å². The van der Waals surface area contributed by atoms with Crippen molar-refractivity contribution in [1.29, 1.82) is 0 Å². The second kappa shape index (κ2) is 8.79. The Balaban J connectivity index is 1.21. The molecule has 33 heavy (non-hydrogen) atoms. The first-order valence-electron chi connectivity index (χ1n) is 13.2. The highest BCUT2D eigenvalue weighted by atomic mass is 16.7. The predicted molar refractivity (Wildman–Crippen MR) is 128 cm³/mol. The molecule has 1 unspecified atom stereocenters. The molecule has 2 spiro atoms. The molecule has 4 aliphatic rings. The third-order valence-electron chi connectivity index (χ3n) is 8.97. The molecule has 2 atom stereocenters. The zero-order chi connectivity index (χ0) is 22.2. The van der Waals surface area contributed by atoms with Crippen molar-refractivity contribution >= 4 is 0 Å². The van der Waals surface area contributed by atoms with Crippen LogP contribution in [0.2, 0.25) is 0 Å². The smallest absolute Gasteiger partial charge is 0.195 e. The Kier molecular flexibility index (Phi) is 5.80. The number of aromatic nitrogens is 1. The van der Waals surface area contributed by atoms with E-state index in [1.807, 2.05) is 12.3 Å². The van der Waals surface area contributed by atoms with E-state index in [-0.39, 0.29) is 11.0 Å². The molecule has 3 heterocycles. The van der Waals surface area contributed by atoms with Crippen molar-refractivity contribution in [2.24, 2.45) is 0 Å². The van der Waals surface area contributed by atoms with Crippen molar-refractivity contribution in [2.45, 2.75) is 93.4 Å². The fourth-order valence-corrected chi connectivity index (χ4v) is 7.39. The number of hydrogen-bond acceptors (Lipinski definition) is 4. The minimum absolute atomic E-state index is 0.0940. The minimum Gasteiger partial charge on any atom is -0.375 e. The molecule has 1 aromatic heterocycles. The highest BCUT2D eigenvalue weighted by molar-refractivity contribution is 5.37. The van der Waals surface area contributed by atoms with Crippen LogP contribution in [0.25, 0.3) is 0 Å². The Morgan fingerprint density at radius 3 is 2.48 bits per heavy atom. The van der Waals surface area contributed by atoms with Crippen molar-refractivity contribution in [3.63, 3.8) is 0 Å². The zero-order valence-electron chi connectivity index (χ0n) is 19.8. The van der Waals surface area contributed by atoms with E-state index >= 15 is 0 Å². The molecule has 0 radical (unpaired) electrons. The van der Waals surface area contributed by atoms with Gasteiger partial charge in [-0.1, -0.05) is 49.6 Å². The number of rotatable bonds is 5. The number of benzene rings is 1. The van der Waals surface area contributed by atoms with Crippen LogP contribution in [0.15, 0.2) is 48.7 Å². The maximum Gasteiger partial charge on any atom is 0.195 e. The lowest BCUT2D eigenvalue weighted by atomic mass is 9.66. The van der Waals surface area contributed by atoms with Gasteiger partial charge in [0.25, 0.3) is 0 Å². The number of nitrogens with zero attached hydrogens (tertiary/aromatic N) is 1. The van der Waals surface area contributed by atoms with E-state index in [9.17, 15) is 0 Å². The molecule has 1 aromatic carbocycles. The van der Waals surface area contributed by atoms with Crippen molar-refractivity contribution in [3.8, 4) is 0 Å². The summed E-state index contributed by atoms with van der Waals surface area (Å²) in [5.74, 6) is 0.0957. The van der Waals surface area contributed by atoms with Crippen LogP contribution in [-0.4, -0.2) is 30.4 Å². The second-order valence-corrected chi connectivity index (χ2v) is 10.8. The summed E-state index contributed by atoms with van der Waals surface area (Å²) in [6, 6.07) is 15.3. The van der Waals surface area contributed by atoms with Gasteiger partial charge in [0.15, 0.2) is 5.79 Å². The van der Waals surface area contributed by atoms with Gasteiger partial charge in [-0.25, -0.2) is 0 Å². The van der Waals surface area contributed by atoms with E-state index in [4.69, 9.17) is 19.2 Å². The Labute approximate surface area is 198 Å². The Morgan fingerprint density at radius 2 is 1.67 bits per heavy atom. The third-order valence-corrected chi connectivity index (χ3v) is 8.97. The fraction of sp³-hybridized carbons (Fsp3) is 0.621. The first-order valence-corrected chi connectivity index (χ1v) is 13.2. The van der Waals surface area contributed by atoms with Crippen molar-refractivity contribution in [3.05, 3.63) is 65.5 Å². The topological polar surface area (TPSA) is 40.6 Å². The summed E-state index contributed by atoms with van der Waals surface area (Å²) in [5.41, 5.74) is 4.24. The lowest BCUT2D eigenvalue weighted by Gasteiger charge is -2.46. The molecule has 0 N–H and O–H groups in total. The summed E-state index contributed by atoms with van der Waals surface area (Å²) >= 11 is 0. The lowest BCUT2D eigenvalue weighted by Crippen LogP contribution is -2.46. The Hall–Kier alpha value is -1.75. The number of ether oxygens (including phenoxy) is 3. The normalized spacial score (nSPS) is 30.0. The van der Waals surface area contributed by atoms with E-state index in [0.29, 0.717) is 19.1 Å². The summed E-state index contributed by atoms with van der Waals surface area (Å²) in [6.45, 7) is 2.28. The maximum atomic E-state index is 6.44. The molecule has 2 aromatic rings. The molecule has 2 aliphatic heterocycles. The van der Waals surface area contributed by atoms with E-state index in [2.05, 4.69) is 36.4 Å². The molecule has 4 heteroatoms. The van der Waals surface area contributed by atoms with Gasteiger partial charge >= 0.3 is 0 Å². The van der Waals surface area contributed by atoms with E-state index < -0.39 is 5.79 Å². The number of fused-ring (bicyclic) bond motifs is 2. The number of hydrogen-bond donors (Lipinski definition) is 0. The third kappa shape index (κ3) is 3.94. The van der Waals surface area contributed by atoms with Crippen LogP contribution in [0, 0.1) is 0 Å². The molecule has 4 nitrogen and oxygen atoms in total. The molecule has 2 aliphatic carbocycles. The SMILES string of the molecule is c1ccc([C@]2(CCCC3CCC4(OCCO4)c4ccccc43)CCOC3(CCCC3)C2)nc1. The predicted octanol–water partition coefficient (Wildman–Crippen LogP) is 6.39. The summed E-state index contributed by atoms with van der Waals surface area (Å²) in [4.78, 5) is 4.89. The first kappa shape index (κ1) is 21.8. The molecule has 176 valence electrons. The van der Waals surface area contributed by atoms with Gasteiger partial charge in [0, 0.05) is 35.9 Å². The molecule has 0 bridgehead atoms.